The normalized spacial score (nSPS) is 14.8. The van der Waals surface area contributed by atoms with Gasteiger partial charge in [0.1, 0.15) is 5.75 Å². The van der Waals surface area contributed by atoms with E-state index in [2.05, 4.69) is 46.5 Å². The van der Waals surface area contributed by atoms with Gasteiger partial charge in [-0.1, -0.05) is 31.2 Å². The molecule has 1 atom stereocenters. The van der Waals surface area contributed by atoms with E-state index in [0.29, 0.717) is 29.8 Å². The van der Waals surface area contributed by atoms with E-state index < -0.39 is 0 Å². The largest absolute Gasteiger partial charge is 0.495 e. The van der Waals surface area contributed by atoms with Gasteiger partial charge in [-0.25, -0.2) is 9.97 Å². The fraction of sp³-hybridized carbons (Fsp3) is 0.357. The molecule has 1 aliphatic rings. The monoisotopic (exact) mass is 488 g/mol. The average molecular weight is 489 g/mol. The van der Waals surface area contributed by atoms with Gasteiger partial charge in [-0.05, 0) is 64.0 Å². The van der Waals surface area contributed by atoms with Gasteiger partial charge in [-0.3, -0.25) is 4.79 Å². The number of anilines is 1. The second-order valence-electron chi connectivity index (χ2n) is 8.39. The van der Waals surface area contributed by atoms with Crippen molar-refractivity contribution in [2.75, 3.05) is 39.6 Å². The lowest BCUT2D eigenvalue weighted by Gasteiger charge is -2.29. The third kappa shape index (κ3) is 7.60. The zero-order chi connectivity index (χ0) is 26.5. The first kappa shape index (κ1) is 28.4. The molecule has 4 rings (SSSR count). The van der Waals surface area contributed by atoms with Crippen LogP contribution in [0.15, 0.2) is 54.7 Å². The number of ether oxygens (including phenoxy) is 1. The van der Waals surface area contributed by atoms with Crippen molar-refractivity contribution in [3.63, 3.8) is 0 Å². The minimum atomic E-state index is 0.136. The Labute approximate surface area is 213 Å². The van der Waals surface area contributed by atoms with Crippen molar-refractivity contribution >= 4 is 22.7 Å². The number of fused-ring (bicyclic) bond motifs is 1. The van der Waals surface area contributed by atoms with E-state index in [1.165, 1.54) is 32.9 Å². The molecule has 0 saturated carbocycles. The molecule has 3 N–H and O–H groups in total. The molecule has 0 bridgehead atoms. The van der Waals surface area contributed by atoms with E-state index in [-0.39, 0.29) is 5.82 Å². The Morgan fingerprint density at radius 2 is 2.06 bits per heavy atom. The number of hydrogen-bond donors (Lipinski definition) is 2. The molecule has 1 aromatic heterocycles. The van der Waals surface area contributed by atoms with Crippen LogP contribution in [0.4, 0.5) is 5.69 Å². The Kier molecular flexibility index (Phi) is 11.5. The van der Waals surface area contributed by atoms with Gasteiger partial charge < -0.3 is 20.7 Å². The van der Waals surface area contributed by atoms with Gasteiger partial charge in [-0.15, -0.1) is 0 Å². The molecule has 8 nitrogen and oxygen atoms in total. The van der Waals surface area contributed by atoms with Gasteiger partial charge in [0.05, 0.1) is 24.6 Å². The first-order valence-electron chi connectivity index (χ1n) is 12.0. The summed E-state index contributed by atoms with van der Waals surface area (Å²) in [7, 11) is 5.31. The molecule has 8 heteroatoms. The Hall–Kier alpha value is -3.80. The fourth-order valence-electron chi connectivity index (χ4n) is 3.88. The number of aromatic nitrogens is 2. The minimum Gasteiger partial charge on any atom is -0.495 e. The number of rotatable bonds is 6. The highest BCUT2D eigenvalue weighted by atomic mass is 16.5. The summed E-state index contributed by atoms with van der Waals surface area (Å²) < 4.78 is 5.45. The Morgan fingerprint density at radius 3 is 2.67 bits per heavy atom. The standard InChI is InChI=1S/C20H16N4O2.C7H15N.CH5N/c1-13(10-21)11-23-20-16-9-15(17-7-8-22-19(12-25)24-17)4-3-14(16)5-6-18(20)26-2;1-7-5-3-4-6-8(7)2;1-2/h3-9,12,23H,1,11H2,2H3;7H,3-6H2,1-2H3;2H2,1H3. The molecule has 1 unspecified atom stereocenters. The lowest BCUT2D eigenvalue weighted by molar-refractivity contribution is 0.111. The van der Waals surface area contributed by atoms with Gasteiger partial charge >= 0.3 is 0 Å². The first-order chi connectivity index (χ1) is 17.5. The zero-order valence-electron chi connectivity index (χ0n) is 21.6. The number of piperidine rings is 1. The number of benzene rings is 2. The number of likely N-dealkylation sites (tertiary alicyclic amines) is 1. The molecule has 0 radical (unpaired) electrons. The number of hydrogen-bond acceptors (Lipinski definition) is 8. The van der Waals surface area contributed by atoms with Crippen LogP contribution in [0.3, 0.4) is 0 Å². The molecule has 2 heterocycles. The second-order valence-corrected chi connectivity index (χ2v) is 8.39. The van der Waals surface area contributed by atoms with Gasteiger partial charge in [0.25, 0.3) is 0 Å². The smallest absolute Gasteiger partial charge is 0.193 e. The number of nitrogens with two attached hydrogens (primary N) is 1. The van der Waals surface area contributed by atoms with Gasteiger partial charge in [-0.2, -0.15) is 5.26 Å². The Balaban J connectivity index is 0.000000384. The van der Waals surface area contributed by atoms with Crippen LogP contribution in [0, 0.1) is 11.3 Å². The maximum Gasteiger partial charge on any atom is 0.193 e. The number of carbonyl (C=O) groups excluding carboxylic acids is 1. The van der Waals surface area contributed by atoms with E-state index in [1.807, 2.05) is 36.4 Å². The number of nitrogens with one attached hydrogen (secondary N) is 1. The first-order valence-corrected chi connectivity index (χ1v) is 12.0. The Morgan fingerprint density at radius 1 is 1.31 bits per heavy atom. The van der Waals surface area contributed by atoms with Crippen molar-refractivity contribution in [1.82, 2.24) is 14.9 Å². The third-order valence-corrected chi connectivity index (χ3v) is 6.05. The summed E-state index contributed by atoms with van der Waals surface area (Å²) in [6.07, 6.45) is 6.41. The minimum absolute atomic E-state index is 0.136. The van der Waals surface area contributed by atoms with Crippen molar-refractivity contribution in [3.05, 3.63) is 60.6 Å². The molecule has 0 spiro atoms. The summed E-state index contributed by atoms with van der Waals surface area (Å²) >= 11 is 0. The topological polar surface area (TPSA) is 117 Å². The van der Waals surface area contributed by atoms with Crippen LogP contribution >= 0.6 is 0 Å². The summed E-state index contributed by atoms with van der Waals surface area (Å²) in [5.41, 5.74) is 7.19. The molecule has 1 saturated heterocycles. The van der Waals surface area contributed by atoms with Gasteiger partial charge in [0.15, 0.2) is 12.1 Å². The summed E-state index contributed by atoms with van der Waals surface area (Å²) in [4.78, 5) is 21.5. The molecule has 2 aromatic carbocycles. The third-order valence-electron chi connectivity index (χ3n) is 6.05. The molecule has 1 aliphatic heterocycles. The Bertz CT molecular complexity index is 1190. The van der Waals surface area contributed by atoms with Crippen molar-refractivity contribution in [2.24, 2.45) is 5.73 Å². The highest BCUT2D eigenvalue weighted by molar-refractivity contribution is 5.99. The lowest BCUT2D eigenvalue weighted by atomic mass is 10.0. The van der Waals surface area contributed by atoms with Crippen LogP contribution < -0.4 is 15.8 Å². The molecule has 0 amide bonds. The van der Waals surface area contributed by atoms with Crippen molar-refractivity contribution < 1.29 is 9.53 Å². The van der Waals surface area contributed by atoms with Crippen LogP contribution in [-0.2, 0) is 0 Å². The quantitative estimate of drug-likeness (QED) is 0.380. The van der Waals surface area contributed by atoms with Crippen LogP contribution in [-0.4, -0.2) is 61.5 Å². The summed E-state index contributed by atoms with van der Waals surface area (Å²) in [5.74, 6) is 0.800. The SMILES string of the molecule is C=C(C#N)CNc1c(OC)ccc2ccc(-c3ccnc(C=O)n3)cc12.CC1CCCCN1C.CN. The number of nitrogens with zero attached hydrogens (tertiary/aromatic N) is 4. The molecule has 36 heavy (non-hydrogen) atoms. The van der Waals surface area contributed by atoms with Crippen LogP contribution in [0.5, 0.6) is 5.75 Å². The average Bonchev–Trinajstić information content (AvgIpc) is 2.94. The number of methoxy groups -OCH3 is 1. The van der Waals surface area contributed by atoms with Crippen molar-refractivity contribution in [1.29, 1.82) is 5.26 Å². The highest BCUT2D eigenvalue weighted by Gasteiger charge is 2.13. The van der Waals surface area contributed by atoms with Crippen LogP contribution in [0.25, 0.3) is 22.0 Å². The van der Waals surface area contributed by atoms with E-state index in [4.69, 9.17) is 10.00 Å². The van der Waals surface area contributed by atoms with Gasteiger partial charge in [0, 0.05) is 35.3 Å². The predicted molar refractivity (Wildman–Crippen MR) is 146 cm³/mol. The van der Waals surface area contributed by atoms with Crippen LogP contribution in [0.1, 0.15) is 36.8 Å². The highest BCUT2D eigenvalue weighted by Crippen LogP contribution is 2.35. The van der Waals surface area contributed by atoms with E-state index in [0.717, 1.165) is 28.1 Å². The molecule has 3 aromatic rings. The second kappa shape index (κ2) is 14.6. The van der Waals surface area contributed by atoms with Crippen LogP contribution in [0.2, 0.25) is 0 Å². The number of aldehydes is 1. The molecular formula is C28H36N6O2. The van der Waals surface area contributed by atoms with Crippen molar-refractivity contribution in [2.45, 2.75) is 32.2 Å². The number of nitriles is 1. The van der Waals surface area contributed by atoms with E-state index in [1.54, 1.807) is 19.4 Å². The molecule has 0 aliphatic carbocycles. The molecule has 190 valence electrons. The predicted octanol–water partition coefficient (Wildman–Crippen LogP) is 4.68. The fourth-order valence-corrected chi connectivity index (χ4v) is 3.88. The van der Waals surface area contributed by atoms with Gasteiger partial charge in [0.2, 0.25) is 0 Å². The zero-order valence-corrected chi connectivity index (χ0v) is 21.6. The molecular weight excluding hydrogens is 452 g/mol. The number of carbonyl (C=O) groups is 1. The van der Waals surface area contributed by atoms with E-state index >= 15 is 0 Å². The lowest BCUT2D eigenvalue weighted by Crippen LogP contribution is -2.33. The maximum absolute atomic E-state index is 10.9. The summed E-state index contributed by atoms with van der Waals surface area (Å²) in [5, 5.41) is 14.1. The summed E-state index contributed by atoms with van der Waals surface area (Å²) in [6, 6.07) is 14.3. The molecule has 1 fully saturated rings. The van der Waals surface area contributed by atoms with Crippen molar-refractivity contribution in [3.8, 4) is 23.1 Å². The summed E-state index contributed by atoms with van der Waals surface area (Å²) in [6.45, 7) is 7.62. The maximum atomic E-state index is 10.9. The van der Waals surface area contributed by atoms with E-state index in [9.17, 15) is 4.79 Å².